The molecule has 0 fully saturated rings. The molecule has 1 aromatic rings. The van der Waals surface area contributed by atoms with E-state index in [-0.39, 0.29) is 6.54 Å². The molecule has 0 aliphatic rings. The van der Waals surface area contributed by atoms with E-state index < -0.39 is 6.43 Å². The van der Waals surface area contributed by atoms with Gasteiger partial charge >= 0.3 is 0 Å². The van der Waals surface area contributed by atoms with Crippen LogP contribution in [0.25, 0.3) is 0 Å². The molecule has 0 saturated heterocycles. The fourth-order valence-electron chi connectivity index (χ4n) is 1.65. The summed E-state index contributed by atoms with van der Waals surface area (Å²) in [5, 5.41) is 3.27. The largest absolute Gasteiger partial charge is 0.463 e. The van der Waals surface area contributed by atoms with Crippen molar-refractivity contribution in [3.63, 3.8) is 0 Å². The van der Waals surface area contributed by atoms with Gasteiger partial charge in [0.25, 0.3) is 6.43 Å². The summed E-state index contributed by atoms with van der Waals surface area (Å²) in [7, 11) is 1.66. The Balaban J connectivity index is 2.33. The summed E-state index contributed by atoms with van der Waals surface area (Å²) in [6, 6.07) is 3.73. The maximum Gasteiger partial charge on any atom is 0.251 e. The summed E-state index contributed by atoms with van der Waals surface area (Å²) in [6.45, 7) is 6.06. The number of hydrogen-bond donors (Lipinski definition) is 1. The van der Waals surface area contributed by atoms with Crippen molar-refractivity contribution in [3.05, 3.63) is 23.7 Å². The smallest absolute Gasteiger partial charge is 0.251 e. The van der Waals surface area contributed by atoms with Crippen molar-refractivity contribution in [3.8, 4) is 0 Å². The third-order valence-electron chi connectivity index (χ3n) is 2.44. The van der Waals surface area contributed by atoms with Gasteiger partial charge < -0.3 is 9.73 Å². The van der Waals surface area contributed by atoms with Crippen molar-refractivity contribution in [2.45, 2.75) is 33.4 Å². The Labute approximate surface area is 107 Å². The topological polar surface area (TPSA) is 28.4 Å². The van der Waals surface area contributed by atoms with Crippen molar-refractivity contribution in [2.24, 2.45) is 5.92 Å². The molecular formula is C13H22F2N2O. The van der Waals surface area contributed by atoms with E-state index in [1.165, 1.54) is 0 Å². The van der Waals surface area contributed by atoms with E-state index in [0.717, 1.165) is 18.1 Å². The van der Waals surface area contributed by atoms with Gasteiger partial charge in [-0.1, -0.05) is 13.8 Å². The molecule has 0 amide bonds. The Bertz CT molecular complexity index is 339. The van der Waals surface area contributed by atoms with Crippen molar-refractivity contribution < 1.29 is 13.2 Å². The summed E-state index contributed by atoms with van der Waals surface area (Å²) in [5.41, 5.74) is 0. The van der Waals surface area contributed by atoms with Crippen molar-refractivity contribution in [1.82, 2.24) is 10.2 Å². The summed E-state index contributed by atoms with van der Waals surface area (Å²) in [5.74, 6) is 2.16. The molecular weight excluding hydrogens is 238 g/mol. The highest BCUT2D eigenvalue weighted by Crippen LogP contribution is 2.10. The first-order chi connectivity index (χ1) is 8.47. The zero-order valence-corrected chi connectivity index (χ0v) is 11.2. The average molecular weight is 260 g/mol. The van der Waals surface area contributed by atoms with Gasteiger partial charge in [0.05, 0.1) is 19.6 Å². The lowest BCUT2D eigenvalue weighted by Crippen LogP contribution is -2.23. The fraction of sp³-hybridized carbons (Fsp3) is 0.692. The highest BCUT2D eigenvalue weighted by atomic mass is 19.3. The fourth-order valence-corrected chi connectivity index (χ4v) is 1.65. The maximum absolute atomic E-state index is 12.2. The van der Waals surface area contributed by atoms with Crippen LogP contribution in [0, 0.1) is 5.92 Å². The molecule has 3 nitrogen and oxygen atoms in total. The number of halogens is 2. The van der Waals surface area contributed by atoms with Crippen LogP contribution in [0.2, 0.25) is 0 Å². The molecule has 0 aromatic carbocycles. The molecule has 1 N–H and O–H groups in total. The maximum atomic E-state index is 12.2. The van der Waals surface area contributed by atoms with Gasteiger partial charge in [0.15, 0.2) is 0 Å². The summed E-state index contributed by atoms with van der Waals surface area (Å²) < 4.78 is 29.9. The van der Waals surface area contributed by atoms with Crippen LogP contribution in [0.1, 0.15) is 25.4 Å². The van der Waals surface area contributed by atoms with Crippen LogP contribution >= 0.6 is 0 Å². The summed E-state index contributed by atoms with van der Waals surface area (Å²) in [4.78, 5) is 1.55. The molecule has 0 bridgehead atoms. The van der Waals surface area contributed by atoms with E-state index in [4.69, 9.17) is 4.42 Å². The molecule has 1 rings (SSSR count). The Morgan fingerprint density at radius 3 is 2.56 bits per heavy atom. The first-order valence-corrected chi connectivity index (χ1v) is 6.22. The third kappa shape index (κ3) is 6.12. The average Bonchev–Trinajstić information content (AvgIpc) is 2.63. The molecule has 0 radical (unpaired) electrons. The van der Waals surface area contributed by atoms with Gasteiger partial charge in [-0.15, -0.1) is 0 Å². The monoisotopic (exact) mass is 260 g/mol. The van der Waals surface area contributed by atoms with Crippen LogP contribution in [0.3, 0.4) is 0 Å². The Morgan fingerprint density at radius 1 is 1.28 bits per heavy atom. The van der Waals surface area contributed by atoms with E-state index in [2.05, 4.69) is 19.2 Å². The predicted molar refractivity (Wildman–Crippen MR) is 67.6 cm³/mol. The van der Waals surface area contributed by atoms with Crippen molar-refractivity contribution in [1.29, 1.82) is 0 Å². The minimum absolute atomic E-state index is 0.234. The molecule has 1 heterocycles. The summed E-state index contributed by atoms with van der Waals surface area (Å²) >= 11 is 0. The Kier molecular flexibility index (Phi) is 6.29. The van der Waals surface area contributed by atoms with Crippen LogP contribution in [-0.2, 0) is 13.1 Å². The lowest BCUT2D eigenvalue weighted by molar-refractivity contribution is 0.0944. The van der Waals surface area contributed by atoms with Crippen LogP contribution < -0.4 is 5.32 Å². The molecule has 0 aliphatic heterocycles. The molecule has 0 spiro atoms. The van der Waals surface area contributed by atoms with E-state index >= 15 is 0 Å². The molecule has 18 heavy (non-hydrogen) atoms. The summed E-state index contributed by atoms with van der Waals surface area (Å²) in [6.07, 6.45) is -2.31. The lowest BCUT2D eigenvalue weighted by atomic mass is 10.2. The highest BCUT2D eigenvalue weighted by molar-refractivity contribution is 5.07. The third-order valence-corrected chi connectivity index (χ3v) is 2.44. The lowest BCUT2D eigenvalue weighted by Gasteiger charge is -2.13. The van der Waals surface area contributed by atoms with Crippen LogP contribution in [0.4, 0.5) is 8.78 Å². The second-order valence-electron chi connectivity index (χ2n) is 4.98. The standard InChI is InChI=1S/C13H22F2N2O/c1-10(2)6-16-7-11-4-5-12(18-11)8-17(3)9-13(14)15/h4-5,10,13,16H,6-9H2,1-3H3. The molecule has 0 aliphatic carbocycles. The van der Waals surface area contributed by atoms with E-state index in [9.17, 15) is 8.78 Å². The van der Waals surface area contributed by atoms with E-state index in [1.54, 1.807) is 11.9 Å². The van der Waals surface area contributed by atoms with Gasteiger partial charge in [-0.05, 0) is 31.6 Å². The first-order valence-electron chi connectivity index (χ1n) is 6.22. The van der Waals surface area contributed by atoms with Crippen molar-refractivity contribution in [2.75, 3.05) is 20.1 Å². The number of rotatable bonds is 8. The minimum Gasteiger partial charge on any atom is -0.463 e. The number of furan rings is 1. The van der Waals surface area contributed by atoms with E-state index in [1.807, 2.05) is 12.1 Å². The number of hydrogen-bond acceptors (Lipinski definition) is 3. The quantitative estimate of drug-likeness (QED) is 0.779. The second kappa shape index (κ2) is 7.48. The molecule has 0 saturated carbocycles. The Hall–Kier alpha value is -0.940. The van der Waals surface area contributed by atoms with Gasteiger partial charge in [-0.2, -0.15) is 0 Å². The number of nitrogens with one attached hydrogen (secondary N) is 1. The zero-order valence-electron chi connectivity index (χ0n) is 11.2. The van der Waals surface area contributed by atoms with Gasteiger partial charge in [-0.3, -0.25) is 4.90 Å². The van der Waals surface area contributed by atoms with Crippen LogP contribution in [0.15, 0.2) is 16.5 Å². The van der Waals surface area contributed by atoms with Gasteiger partial charge in [0, 0.05) is 0 Å². The second-order valence-corrected chi connectivity index (χ2v) is 4.98. The van der Waals surface area contributed by atoms with Crippen LogP contribution in [0.5, 0.6) is 0 Å². The first kappa shape index (κ1) is 15.1. The predicted octanol–water partition coefficient (Wildman–Crippen LogP) is 2.72. The number of alkyl halides is 2. The zero-order chi connectivity index (χ0) is 13.5. The molecule has 104 valence electrons. The molecule has 1 aromatic heterocycles. The normalized spacial score (nSPS) is 12.0. The van der Waals surface area contributed by atoms with E-state index in [0.29, 0.717) is 19.0 Å². The van der Waals surface area contributed by atoms with Gasteiger partial charge in [-0.25, -0.2) is 8.78 Å². The van der Waals surface area contributed by atoms with Crippen LogP contribution in [-0.4, -0.2) is 31.5 Å². The van der Waals surface area contributed by atoms with Gasteiger partial charge in [0.1, 0.15) is 11.5 Å². The number of nitrogens with zero attached hydrogens (tertiary/aromatic N) is 1. The molecule has 0 atom stereocenters. The van der Waals surface area contributed by atoms with Crippen molar-refractivity contribution >= 4 is 0 Å². The van der Waals surface area contributed by atoms with Gasteiger partial charge in [0.2, 0.25) is 0 Å². The minimum atomic E-state index is -2.31. The Morgan fingerprint density at radius 2 is 1.94 bits per heavy atom. The highest BCUT2D eigenvalue weighted by Gasteiger charge is 2.10. The molecule has 0 unspecified atom stereocenters. The molecule has 5 heteroatoms. The SMILES string of the molecule is CC(C)CNCc1ccc(CN(C)CC(F)F)o1.